The highest BCUT2D eigenvalue weighted by Gasteiger charge is 2.35. The molecule has 4 nitrogen and oxygen atoms in total. The van der Waals surface area contributed by atoms with Crippen LogP contribution in [-0.4, -0.2) is 17.1 Å². The average Bonchev–Trinajstić information content (AvgIpc) is 2.64. The molecule has 1 saturated carbocycles. The summed E-state index contributed by atoms with van der Waals surface area (Å²) in [6.45, 7) is 4.11. The Morgan fingerprint density at radius 2 is 1.89 bits per heavy atom. The van der Waals surface area contributed by atoms with Gasteiger partial charge in [-0.25, -0.2) is 4.98 Å². The lowest BCUT2D eigenvalue weighted by molar-refractivity contribution is -0.0355. The van der Waals surface area contributed by atoms with Gasteiger partial charge >= 0.3 is 0 Å². The van der Waals surface area contributed by atoms with Crippen molar-refractivity contribution in [1.29, 1.82) is 0 Å². The molecule has 2 rings (SSSR count). The Balaban J connectivity index is 2.44. The van der Waals surface area contributed by atoms with Crippen LogP contribution in [0.25, 0.3) is 0 Å². The van der Waals surface area contributed by atoms with Crippen LogP contribution in [-0.2, 0) is 10.3 Å². The highest BCUT2D eigenvalue weighted by Crippen LogP contribution is 2.37. The molecule has 1 fully saturated rings. The van der Waals surface area contributed by atoms with E-state index in [0.717, 1.165) is 31.4 Å². The van der Waals surface area contributed by atoms with Crippen LogP contribution < -0.4 is 5.56 Å². The molecule has 19 heavy (non-hydrogen) atoms. The summed E-state index contributed by atoms with van der Waals surface area (Å²) in [5.41, 5.74) is 0.370. The molecule has 1 N–H and O–H groups in total. The molecule has 1 aromatic heterocycles. The van der Waals surface area contributed by atoms with Crippen molar-refractivity contribution in [3.8, 4) is 0 Å². The van der Waals surface area contributed by atoms with Gasteiger partial charge in [-0.3, -0.25) is 4.79 Å². The second kappa shape index (κ2) is 5.87. The first kappa shape index (κ1) is 14.3. The molecule has 0 amide bonds. The standard InChI is InChI=1S/C15H24N2O2/c1-11(2)12-10-13(18)17-14(16-12)15(19-3)8-6-4-5-7-9-15/h10-11H,4-9H2,1-3H3,(H,16,17,18). The number of H-pyrrole nitrogens is 1. The summed E-state index contributed by atoms with van der Waals surface area (Å²) in [6.07, 6.45) is 6.60. The molecule has 1 aliphatic carbocycles. The molecule has 0 aromatic carbocycles. The fraction of sp³-hybridized carbons (Fsp3) is 0.733. The number of hydrogen-bond acceptors (Lipinski definition) is 3. The van der Waals surface area contributed by atoms with Crippen LogP contribution in [0.15, 0.2) is 10.9 Å². The predicted octanol–water partition coefficient (Wildman–Crippen LogP) is 3.09. The van der Waals surface area contributed by atoms with Gasteiger partial charge in [-0.2, -0.15) is 0 Å². The van der Waals surface area contributed by atoms with E-state index in [9.17, 15) is 4.79 Å². The van der Waals surface area contributed by atoms with Gasteiger partial charge in [-0.05, 0) is 18.8 Å². The van der Waals surface area contributed by atoms with Crippen LogP contribution in [0.1, 0.15) is 69.8 Å². The van der Waals surface area contributed by atoms with Gasteiger partial charge in [-0.1, -0.05) is 39.5 Å². The van der Waals surface area contributed by atoms with Crippen molar-refractivity contribution in [3.63, 3.8) is 0 Å². The van der Waals surface area contributed by atoms with Crippen LogP contribution in [0, 0.1) is 0 Å². The minimum atomic E-state index is -0.402. The maximum atomic E-state index is 11.9. The first-order chi connectivity index (χ1) is 9.07. The molecule has 106 valence electrons. The van der Waals surface area contributed by atoms with Gasteiger partial charge in [0.25, 0.3) is 5.56 Å². The Bertz CT molecular complexity index is 471. The van der Waals surface area contributed by atoms with Gasteiger partial charge in [0.05, 0.1) is 5.69 Å². The number of nitrogens with zero attached hydrogens (tertiary/aromatic N) is 1. The molecule has 0 atom stereocenters. The number of hydrogen-bond donors (Lipinski definition) is 1. The van der Waals surface area contributed by atoms with E-state index in [4.69, 9.17) is 4.74 Å². The number of methoxy groups -OCH3 is 1. The fourth-order valence-electron chi connectivity index (χ4n) is 2.83. The Morgan fingerprint density at radius 1 is 1.26 bits per heavy atom. The largest absolute Gasteiger partial charge is 0.370 e. The quantitative estimate of drug-likeness (QED) is 0.853. The summed E-state index contributed by atoms with van der Waals surface area (Å²) in [4.78, 5) is 19.4. The fourth-order valence-corrected chi connectivity index (χ4v) is 2.83. The third-order valence-electron chi connectivity index (χ3n) is 4.09. The first-order valence-corrected chi connectivity index (χ1v) is 7.24. The lowest BCUT2D eigenvalue weighted by Gasteiger charge is -2.30. The Hall–Kier alpha value is -1.16. The normalized spacial score (nSPS) is 19.4. The molecule has 0 bridgehead atoms. The summed E-state index contributed by atoms with van der Waals surface area (Å²) in [6, 6.07) is 1.59. The number of rotatable bonds is 3. The van der Waals surface area contributed by atoms with Gasteiger partial charge < -0.3 is 9.72 Å². The summed E-state index contributed by atoms with van der Waals surface area (Å²) < 4.78 is 5.80. The average molecular weight is 264 g/mol. The molecule has 0 radical (unpaired) electrons. The van der Waals surface area contributed by atoms with Gasteiger partial charge in [0.2, 0.25) is 0 Å². The Morgan fingerprint density at radius 3 is 2.42 bits per heavy atom. The maximum absolute atomic E-state index is 11.9. The highest BCUT2D eigenvalue weighted by molar-refractivity contribution is 5.12. The van der Waals surface area contributed by atoms with Crippen LogP contribution >= 0.6 is 0 Å². The Kier molecular flexibility index (Phi) is 4.40. The zero-order chi connectivity index (χ0) is 13.9. The lowest BCUT2D eigenvalue weighted by atomic mass is 9.92. The smallest absolute Gasteiger partial charge is 0.251 e. The third kappa shape index (κ3) is 3.06. The Labute approximate surface area is 114 Å². The monoisotopic (exact) mass is 264 g/mol. The molecule has 1 heterocycles. The molecule has 0 spiro atoms. The van der Waals surface area contributed by atoms with E-state index in [0.29, 0.717) is 5.82 Å². The van der Waals surface area contributed by atoms with Crippen LogP contribution in [0.5, 0.6) is 0 Å². The van der Waals surface area contributed by atoms with E-state index in [2.05, 4.69) is 23.8 Å². The van der Waals surface area contributed by atoms with Crippen molar-refractivity contribution >= 4 is 0 Å². The summed E-state index contributed by atoms with van der Waals surface area (Å²) >= 11 is 0. The lowest BCUT2D eigenvalue weighted by Crippen LogP contribution is -2.33. The van der Waals surface area contributed by atoms with Crippen molar-refractivity contribution in [2.75, 3.05) is 7.11 Å². The van der Waals surface area contributed by atoms with Crippen molar-refractivity contribution in [2.24, 2.45) is 0 Å². The first-order valence-electron chi connectivity index (χ1n) is 7.24. The molecular formula is C15H24N2O2. The van der Waals surface area contributed by atoms with Gasteiger partial charge in [0, 0.05) is 13.2 Å². The minimum absolute atomic E-state index is 0.0747. The highest BCUT2D eigenvalue weighted by atomic mass is 16.5. The third-order valence-corrected chi connectivity index (χ3v) is 4.09. The zero-order valence-electron chi connectivity index (χ0n) is 12.2. The van der Waals surface area contributed by atoms with Crippen LogP contribution in [0.3, 0.4) is 0 Å². The maximum Gasteiger partial charge on any atom is 0.251 e. The number of ether oxygens (including phenoxy) is 1. The number of nitrogens with one attached hydrogen (secondary N) is 1. The van der Waals surface area contributed by atoms with Crippen molar-refractivity contribution < 1.29 is 4.74 Å². The van der Waals surface area contributed by atoms with E-state index < -0.39 is 5.60 Å². The summed E-state index contributed by atoms with van der Waals surface area (Å²) in [5, 5.41) is 0. The zero-order valence-corrected chi connectivity index (χ0v) is 12.2. The number of aromatic nitrogens is 2. The van der Waals surface area contributed by atoms with Gasteiger partial charge in [0.15, 0.2) is 0 Å². The molecule has 0 unspecified atom stereocenters. The molecule has 0 aliphatic heterocycles. The van der Waals surface area contributed by atoms with Crippen LogP contribution in [0.2, 0.25) is 0 Å². The van der Waals surface area contributed by atoms with E-state index in [1.54, 1.807) is 13.2 Å². The summed E-state index contributed by atoms with van der Waals surface area (Å²) in [7, 11) is 1.73. The molecule has 1 aromatic rings. The van der Waals surface area contributed by atoms with E-state index in [-0.39, 0.29) is 11.5 Å². The topological polar surface area (TPSA) is 55.0 Å². The summed E-state index contributed by atoms with van der Waals surface area (Å²) in [5.74, 6) is 0.967. The second-order valence-electron chi connectivity index (χ2n) is 5.79. The molecular weight excluding hydrogens is 240 g/mol. The second-order valence-corrected chi connectivity index (χ2v) is 5.79. The van der Waals surface area contributed by atoms with Crippen molar-refractivity contribution in [3.05, 3.63) is 27.9 Å². The predicted molar refractivity (Wildman–Crippen MR) is 75.3 cm³/mol. The number of aromatic amines is 1. The van der Waals surface area contributed by atoms with Crippen molar-refractivity contribution in [1.82, 2.24) is 9.97 Å². The van der Waals surface area contributed by atoms with Crippen molar-refractivity contribution in [2.45, 2.75) is 63.9 Å². The molecule has 1 aliphatic rings. The van der Waals surface area contributed by atoms with Gasteiger partial charge in [-0.15, -0.1) is 0 Å². The minimum Gasteiger partial charge on any atom is -0.370 e. The molecule has 0 saturated heterocycles. The van der Waals surface area contributed by atoms with E-state index >= 15 is 0 Å². The van der Waals surface area contributed by atoms with E-state index in [1.807, 2.05) is 0 Å². The SMILES string of the molecule is COC1(c2nc(C(C)C)cc(=O)[nH]2)CCCCCC1. The van der Waals surface area contributed by atoms with Crippen LogP contribution in [0.4, 0.5) is 0 Å². The van der Waals surface area contributed by atoms with Gasteiger partial charge in [0.1, 0.15) is 11.4 Å². The van der Waals surface area contributed by atoms with E-state index in [1.165, 1.54) is 12.8 Å². The molecule has 4 heteroatoms.